The SMILES string of the molecule is CN(C)C(=O)C1CCCN1C(=O)CSc1ccc2c(c1)CCC2. The molecule has 0 saturated carbocycles. The third-order valence-corrected chi connectivity index (χ3v) is 5.71. The number of hydrogen-bond donors (Lipinski definition) is 0. The molecule has 2 amide bonds. The first-order valence-electron chi connectivity index (χ1n) is 8.31. The van der Waals surface area contributed by atoms with Gasteiger partial charge < -0.3 is 9.80 Å². The third kappa shape index (κ3) is 3.55. The molecular formula is C18H24N2O2S. The molecule has 23 heavy (non-hydrogen) atoms. The van der Waals surface area contributed by atoms with Crippen molar-refractivity contribution in [3.05, 3.63) is 29.3 Å². The maximum Gasteiger partial charge on any atom is 0.244 e. The molecule has 5 heteroatoms. The molecule has 0 N–H and O–H groups in total. The number of rotatable bonds is 4. The molecule has 1 heterocycles. The highest BCUT2D eigenvalue weighted by molar-refractivity contribution is 8.00. The van der Waals surface area contributed by atoms with Crippen molar-refractivity contribution in [2.45, 2.75) is 43.0 Å². The van der Waals surface area contributed by atoms with Crippen molar-refractivity contribution in [3.63, 3.8) is 0 Å². The zero-order valence-corrected chi connectivity index (χ0v) is 14.7. The zero-order chi connectivity index (χ0) is 16.4. The van der Waals surface area contributed by atoms with Crippen molar-refractivity contribution in [3.8, 4) is 0 Å². The summed E-state index contributed by atoms with van der Waals surface area (Å²) in [5, 5.41) is 0. The van der Waals surface area contributed by atoms with Gasteiger partial charge in [0.05, 0.1) is 5.75 Å². The minimum Gasteiger partial charge on any atom is -0.347 e. The Morgan fingerprint density at radius 2 is 2.00 bits per heavy atom. The van der Waals surface area contributed by atoms with Crippen LogP contribution in [0.3, 0.4) is 0 Å². The molecule has 4 nitrogen and oxygen atoms in total. The van der Waals surface area contributed by atoms with E-state index < -0.39 is 0 Å². The van der Waals surface area contributed by atoms with Crippen molar-refractivity contribution < 1.29 is 9.59 Å². The van der Waals surface area contributed by atoms with Crippen LogP contribution in [-0.2, 0) is 22.4 Å². The Kier molecular flexibility index (Phi) is 4.95. The van der Waals surface area contributed by atoms with E-state index in [1.54, 1.807) is 35.7 Å². The molecule has 1 unspecified atom stereocenters. The van der Waals surface area contributed by atoms with Crippen molar-refractivity contribution in [2.75, 3.05) is 26.4 Å². The van der Waals surface area contributed by atoms with Gasteiger partial charge in [0, 0.05) is 25.5 Å². The molecule has 1 aliphatic carbocycles. The molecule has 2 aliphatic rings. The molecule has 1 aromatic rings. The van der Waals surface area contributed by atoms with Crippen LogP contribution in [0.25, 0.3) is 0 Å². The molecule has 3 rings (SSSR count). The highest BCUT2D eigenvalue weighted by Crippen LogP contribution is 2.28. The summed E-state index contributed by atoms with van der Waals surface area (Å²) >= 11 is 1.59. The maximum absolute atomic E-state index is 12.5. The number of nitrogens with zero attached hydrogens (tertiary/aromatic N) is 2. The van der Waals surface area contributed by atoms with E-state index in [1.165, 1.54) is 24.0 Å². The molecule has 1 fully saturated rings. The molecule has 0 spiro atoms. The summed E-state index contributed by atoms with van der Waals surface area (Å²) in [6.45, 7) is 0.702. The van der Waals surface area contributed by atoms with E-state index in [0.717, 1.165) is 24.2 Å². The molecule has 0 radical (unpaired) electrons. The summed E-state index contributed by atoms with van der Waals surface area (Å²) < 4.78 is 0. The normalized spacial score (nSPS) is 19.7. The Labute approximate surface area is 142 Å². The lowest BCUT2D eigenvalue weighted by molar-refractivity contribution is -0.140. The molecule has 0 aromatic heterocycles. The number of benzene rings is 1. The quantitative estimate of drug-likeness (QED) is 0.795. The number of aryl methyl sites for hydroxylation is 2. The van der Waals surface area contributed by atoms with E-state index in [0.29, 0.717) is 12.3 Å². The van der Waals surface area contributed by atoms with Crippen molar-refractivity contribution in [2.24, 2.45) is 0 Å². The lowest BCUT2D eigenvalue weighted by Gasteiger charge is -2.26. The average Bonchev–Trinajstić information content (AvgIpc) is 3.19. The van der Waals surface area contributed by atoms with Crippen LogP contribution in [0.2, 0.25) is 0 Å². The van der Waals surface area contributed by atoms with Crippen molar-refractivity contribution >= 4 is 23.6 Å². The number of amides is 2. The summed E-state index contributed by atoms with van der Waals surface area (Å²) in [4.78, 5) is 29.2. The summed E-state index contributed by atoms with van der Waals surface area (Å²) in [5.41, 5.74) is 2.89. The predicted octanol–water partition coefficient (Wildman–Crippen LogP) is 2.35. The number of carbonyl (C=O) groups excluding carboxylic acids is 2. The highest BCUT2D eigenvalue weighted by Gasteiger charge is 2.34. The van der Waals surface area contributed by atoms with Crippen LogP contribution in [-0.4, -0.2) is 54.0 Å². The highest BCUT2D eigenvalue weighted by atomic mass is 32.2. The van der Waals surface area contributed by atoms with Gasteiger partial charge in [-0.1, -0.05) is 6.07 Å². The Bertz CT molecular complexity index is 615. The Hall–Kier alpha value is -1.49. The van der Waals surface area contributed by atoms with E-state index in [2.05, 4.69) is 18.2 Å². The fraction of sp³-hybridized carbons (Fsp3) is 0.556. The second-order valence-corrected chi connectivity index (χ2v) is 7.60. The van der Waals surface area contributed by atoms with Crippen LogP contribution in [0.5, 0.6) is 0 Å². The Balaban J connectivity index is 1.59. The zero-order valence-electron chi connectivity index (χ0n) is 13.9. The number of thioether (sulfide) groups is 1. The lowest BCUT2D eigenvalue weighted by Crippen LogP contribution is -2.46. The van der Waals surface area contributed by atoms with Gasteiger partial charge in [-0.2, -0.15) is 0 Å². The fourth-order valence-corrected chi connectivity index (χ4v) is 4.33. The average molecular weight is 332 g/mol. The molecule has 1 aromatic carbocycles. The smallest absolute Gasteiger partial charge is 0.244 e. The summed E-state index contributed by atoms with van der Waals surface area (Å²) in [6.07, 6.45) is 5.28. The number of fused-ring (bicyclic) bond motifs is 1. The van der Waals surface area contributed by atoms with Gasteiger partial charge in [-0.05, 0) is 55.4 Å². The van der Waals surface area contributed by atoms with Gasteiger partial charge in [0.1, 0.15) is 6.04 Å². The lowest BCUT2D eigenvalue weighted by atomic mass is 10.1. The monoisotopic (exact) mass is 332 g/mol. The van der Waals surface area contributed by atoms with Crippen molar-refractivity contribution in [1.82, 2.24) is 9.80 Å². The minimum atomic E-state index is -0.266. The van der Waals surface area contributed by atoms with Gasteiger partial charge >= 0.3 is 0 Å². The fourth-order valence-electron chi connectivity index (χ4n) is 3.49. The number of carbonyl (C=O) groups is 2. The standard InChI is InChI=1S/C18H24N2O2S/c1-19(2)18(22)16-7-4-10-20(16)17(21)12-23-15-9-8-13-5-3-6-14(13)11-15/h8-9,11,16H,3-7,10,12H2,1-2H3. The second-order valence-electron chi connectivity index (χ2n) is 6.55. The summed E-state index contributed by atoms with van der Waals surface area (Å²) in [6, 6.07) is 6.28. The molecule has 1 saturated heterocycles. The van der Waals surface area contributed by atoms with Crippen LogP contribution in [0.4, 0.5) is 0 Å². The molecular weight excluding hydrogens is 308 g/mol. The van der Waals surface area contributed by atoms with E-state index in [9.17, 15) is 9.59 Å². The molecule has 1 aliphatic heterocycles. The van der Waals surface area contributed by atoms with Crippen LogP contribution in [0.15, 0.2) is 23.1 Å². The van der Waals surface area contributed by atoms with Gasteiger partial charge in [0.25, 0.3) is 0 Å². The summed E-state index contributed by atoms with van der Waals surface area (Å²) in [7, 11) is 3.51. The second kappa shape index (κ2) is 6.95. The molecule has 1 atom stereocenters. The van der Waals surface area contributed by atoms with Gasteiger partial charge in [0.2, 0.25) is 11.8 Å². The van der Waals surface area contributed by atoms with Crippen LogP contribution >= 0.6 is 11.8 Å². The first kappa shape index (κ1) is 16.4. The van der Waals surface area contributed by atoms with Gasteiger partial charge in [-0.3, -0.25) is 9.59 Å². The van der Waals surface area contributed by atoms with E-state index >= 15 is 0 Å². The van der Waals surface area contributed by atoms with Gasteiger partial charge in [0.15, 0.2) is 0 Å². The van der Waals surface area contributed by atoms with Crippen molar-refractivity contribution in [1.29, 1.82) is 0 Å². The molecule has 124 valence electrons. The molecule has 0 bridgehead atoms. The van der Waals surface area contributed by atoms with Crippen LogP contribution in [0.1, 0.15) is 30.4 Å². The largest absolute Gasteiger partial charge is 0.347 e. The first-order valence-corrected chi connectivity index (χ1v) is 9.30. The van der Waals surface area contributed by atoms with E-state index in [-0.39, 0.29) is 17.9 Å². The number of hydrogen-bond acceptors (Lipinski definition) is 3. The van der Waals surface area contributed by atoms with Crippen LogP contribution < -0.4 is 0 Å². The first-order chi connectivity index (χ1) is 11.1. The minimum absolute atomic E-state index is 0.0402. The van der Waals surface area contributed by atoms with E-state index in [4.69, 9.17) is 0 Å². The van der Waals surface area contributed by atoms with Crippen LogP contribution in [0, 0.1) is 0 Å². The third-order valence-electron chi connectivity index (χ3n) is 4.73. The number of likely N-dealkylation sites (N-methyl/N-ethyl adjacent to an activating group) is 1. The topological polar surface area (TPSA) is 40.6 Å². The van der Waals surface area contributed by atoms with Gasteiger partial charge in [-0.15, -0.1) is 11.8 Å². The Morgan fingerprint density at radius 1 is 1.22 bits per heavy atom. The Morgan fingerprint density at radius 3 is 2.78 bits per heavy atom. The maximum atomic E-state index is 12.5. The van der Waals surface area contributed by atoms with Gasteiger partial charge in [-0.25, -0.2) is 0 Å². The number of likely N-dealkylation sites (tertiary alicyclic amines) is 1. The predicted molar refractivity (Wildman–Crippen MR) is 92.6 cm³/mol. The van der Waals surface area contributed by atoms with E-state index in [1.807, 2.05) is 0 Å². The summed E-state index contributed by atoms with van der Waals surface area (Å²) in [5.74, 6) is 0.530.